The van der Waals surface area contributed by atoms with Crippen LogP contribution in [0.5, 0.6) is 0 Å². The number of hydrogen-bond acceptors (Lipinski definition) is 3. The molecule has 2 amide bonds. The molecule has 1 aromatic rings. The number of piperazine rings is 1. The first kappa shape index (κ1) is 19.8. The van der Waals surface area contributed by atoms with Crippen molar-refractivity contribution in [1.82, 2.24) is 10.2 Å². The number of carbonyl (C=O) groups is 2. The van der Waals surface area contributed by atoms with Crippen molar-refractivity contribution < 1.29 is 19.2 Å². The SMILES string of the molecule is CCOC(=O)N1CC[NH+](CC(=O)N[C@@H](C)c2ccc(Cl)c(Cl)c2)CC1. The maximum atomic E-state index is 12.3. The summed E-state index contributed by atoms with van der Waals surface area (Å²) in [4.78, 5) is 26.8. The van der Waals surface area contributed by atoms with Gasteiger partial charge in [0.05, 0.1) is 48.9 Å². The van der Waals surface area contributed by atoms with Gasteiger partial charge in [-0.2, -0.15) is 0 Å². The summed E-state index contributed by atoms with van der Waals surface area (Å²) >= 11 is 11.9. The van der Waals surface area contributed by atoms with Gasteiger partial charge < -0.3 is 15.0 Å². The predicted molar refractivity (Wildman–Crippen MR) is 97.2 cm³/mol. The van der Waals surface area contributed by atoms with Gasteiger partial charge >= 0.3 is 6.09 Å². The lowest BCUT2D eigenvalue weighted by atomic mass is 10.1. The highest BCUT2D eigenvalue weighted by Crippen LogP contribution is 2.25. The van der Waals surface area contributed by atoms with Crippen LogP contribution in [0.15, 0.2) is 18.2 Å². The number of hydrogen-bond donors (Lipinski definition) is 2. The van der Waals surface area contributed by atoms with Crippen molar-refractivity contribution in [2.75, 3.05) is 39.3 Å². The third-order valence-corrected chi connectivity index (χ3v) is 4.97. The minimum atomic E-state index is -0.278. The first-order valence-electron chi connectivity index (χ1n) is 8.40. The summed E-state index contributed by atoms with van der Waals surface area (Å²) in [6.45, 7) is 7.11. The van der Waals surface area contributed by atoms with Gasteiger partial charge in [-0.25, -0.2) is 4.79 Å². The van der Waals surface area contributed by atoms with Crippen molar-refractivity contribution in [2.24, 2.45) is 0 Å². The molecule has 8 heteroatoms. The monoisotopic (exact) mass is 388 g/mol. The largest absolute Gasteiger partial charge is 0.450 e. The Kier molecular flexibility index (Phi) is 7.35. The molecule has 0 spiro atoms. The lowest BCUT2D eigenvalue weighted by Crippen LogP contribution is -3.15. The van der Waals surface area contributed by atoms with Crippen LogP contribution in [0.3, 0.4) is 0 Å². The lowest BCUT2D eigenvalue weighted by molar-refractivity contribution is -0.896. The molecule has 0 radical (unpaired) electrons. The minimum absolute atomic E-state index is 0.0295. The van der Waals surface area contributed by atoms with Gasteiger partial charge in [0.25, 0.3) is 5.91 Å². The van der Waals surface area contributed by atoms with Crippen LogP contribution < -0.4 is 10.2 Å². The van der Waals surface area contributed by atoms with Gasteiger partial charge in [-0.15, -0.1) is 0 Å². The molecule has 0 saturated carbocycles. The third-order valence-electron chi connectivity index (χ3n) is 4.23. The Morgan fingerprint density at radius 1 is 1.28 bits per heavy atom. The number of carbonyl (C=O) groups excluding carboxylic acids is 2. The maximum Gasteiger partial charge on any atom is 0.410 e. The van der Waals surface area contributed by atoms with Crippen LogP contribution in [0, 0.1) is 0 Å². The maximum absolute atomic E-state index is 12.3. The van der Waals surface area contributed by atoms with E-state index < -0.39 is 0 Å². The highest BCUT2D eigenvalue weighted by molar-refractivity contribution is 6.42. The molecule has 138 valence electrons. The number of ether oxygens (including phenoxy) is 1. The topological polar surface area (TPSA) is 63.1 Å². The van der Waals surface area contributed by atoms with Crippen molar-refractivity contribution in [3.05, 3.63) is 33.8 Å². The van der Waals surface area contributed by atoms with E-state index in [0.29, 0.717) is 36.3 Å². The van der Waals surface area contributed by atoms with Gasteiger partial charge in [-0.05, 0) is 31.5 Å². The van der Waals surface area contributed by atoms with Crippen molar-refractivity contribution >= 4 is 35.2 Å². The number of benzene rings is 1. The number of amides is 2. The smallest absolute Gasteiger partial charge is 0.410 e. The van der Waals surface area contributed by atoms with E-state index in [-0.39, 0.29) is 18.0 Å². The molecule has 0 aromatic heterocycles. The first-order chi connectivity index (χ1) is 11.9. The fourth-order valence-corrected chi connectivity index (χ4v) is 3.09. The average Bonchev–Trinajstić information content (AvgIpc) is 2.58. The molecule has 6 nitrogen and oxygen atoms in total. The van der Waals surface area contributed by atoms with Gasteiger partial charge in [0.2, 0.25) is 0 Å². The zero-order valence-corrected chi connectivity index (χ0v) is 16.0. The van der Waals surface area contributed by atoms with Crippen LogP contribution in [-0.2, 0) is 9.53 Å². The van der Waals surface area contributed by atoms with E-state index in [1.807, 2.05) is 13.0 Å². The predicted octanol–water partition coefficient (Wildman–Crippen LogP) is 1.53. The summed E-state index contributed by atoms with van der Waals surface area (Å²) in [6.07, 6.45) is -0.278. The van der Waals surface area contributed by atoms with Gasteiger partial charge in [-0.3, -0.25) is 9.69 Å². The molecule has 1 aliphatic heterocycles. The van der Waals surface area contributed by atoms with Crippen molar-refractivity contribution in [1.29, 1.82) is 0 Å². The molecule has 1 saturated heterocycles. The molecule has 0 bridgehead atoms. The number of rotatable bonds is 5. The van der Waals surface area contributed by atoms with E-state index in [1.165, 1.54) is 0 Å². The van der Waals surface area contributed by atoms with Crippen LogP contribution in [-0.4, -0.2) is 56.2 Å². The Bertz CT molecular complexity index is 619. The minimum Gasteiger partial charge on any atom is -0.450 e. The van der Waals surface area contributed by atoms with Gasteiger partial charge in [0, 0.05) is 0 Å². The Morgan fingerprint density at radius 3 is 2.56 bits per heavy atom. The molecule has 25 heavy (non-hydrogen) atoms. The molecular formula is C17H24Cl2N3O3+. The second-order valence-corrected chi connectivity index (χ2v) is 6.89. The van der Waals surface area contributed by atoms with Crippen LogP contribution >= 0.6 is 23.2 Å². The van der Waals surface area contributed by atoms with E-state index >= 15 is 0 Å². The molecule has 2 N–H and O–H groups in total. The molecule has 1 fully saturated rings. The van der Waals surface area contributed by atoms with Gasteiger partial charge in [0.15, 0.2) is 6.54 Å². The fourth-order valence-electron chi connectivity index (χ4n) is 2.78. The van der Waals surface area contributed by atoms with Crippen molar-refractivity contribution in [3.8, 4) is 0 Å². The summed E-state index contributed by atoms with van der Waals surface area (Å²) < 4.78 is 5.00. The summed E-state index contributed by atoms with van der Waals surface area (Å²) in [5.74, 6) is -0.0295. The highest BCUT2D eigenvalue weighted by atomic mass is 35.5. The first-order valence-corrected chi connectivity index (χ1v) is 9.16. The normalized spacial score (nSPS) is 16.4. The van der Waals surface area contributed by atoms with Gasteiger partial charge in [-0.1, -0.05) is 29.3 Å². The molecule has 1 atom stereocenters. The van der Waals surface area contributed by atoms with Crippen molar-refractivity contribution in [3.63, 3.8) is 0 Å². The molecule has 0 unspecified atom stereocenters. The van der Waals surface area contributed by atoms with Crippen LogP contribution in [0.4, 0.5) is 4.79 Å². The standard InChI is InChI=1S/C17H23Cl2N3O3/c1-3-25-17(24)22-8-6-21(7-9-22)11-16(23)20-12(2)13-4-5-14(18)15(19)10-13/h4-5,10,12H,3,6-9,11H2,1-2H3,(H,20,23)/p+1/t12-/m0/s1. The Hall–Kier alpha value is -1.50. The Morgan fingerprint density at radius 2 is 1.96 bits per heavy atom. The van der Waals surface area contributed by atoms with E-state index in [0.717, 1.165) is 23.6 Å². The second-order valence-electron chi connectivity index (χ2n) is 6.08. The Labute approximate surface area is 158 Å². The third kappa shape index (κ3) is 5.76. The summed E-state index contributed by atoms with van der Waals surface area (Å²) in [7, 11) is 0. The van der Waals surface area contributed by atoms with Crippen molar-refractivity contribution in [2.45, 2.75) is 19.9 Å². The van der Waals surface area contributed by atoms with E-state index in [1.54, 1.807) is 24.0 Å². The molecule has 1 heterocycles. The van der Waals surface area contributed by atoms with E-state index in [2.05, 4.69) is 5.32 Å². The molecule has 1 aliphatic rings. The summed E-state index contributed by atoms with van der Waals surface area (Å²) in [6, 6.07) is 5.19. The second kappa shape index (κ2) is 9.27. The number of quaternary nitrogens is 1. The molecule has 1 aromatic carbocycles. The molecular weight excluding hydrogens is 365 g/mol. The highest BCUT2D eigenvalue weighted by Gasteiger charge is 2.26. The number of halogens is 2. The fraction of sp³-hybridized carbons (Fsp3) is 0.529. The van der Waals surface area contributed by atoms with Crippen LogP contribution in [0.25, 0.3) is 0 Å². The average molecular weight is 389 g/mol. The number of nitrogens with zero attached hydrogens (tertiary/aromatic N) is 1. The zero-order valence-electron chi connectivity index (χ0n) is 14.5. The lowest BCUT2D eigenvalue weighted by Gasteiger charge is -2.31. The quantitative estimate of drug-likeness (QED) is 0.803. The van der Waals surface area contributed by atoms with E-state index in [4.69, 9.17) is 27.9 Å². The molecule has 0 aliphatic carbocycles. The van der Waals surface area contributed by atoms with E-state index in [9.17, 15) is 9.59 Å². The van der Waals surface area contributed by atoms with Crippen LogP contribution in [0.2, 0.25) is 10.0 Å². The number of nitrogens with one attached hydrogen (secondary N) is 2. The summed E-state index contributed by atoms with van der Waals surface area (Å²) in [5, 5.41) is 3.94. The Balaban J connectivity index is 1.79. The van der Waals surface area contributed by atoms with Gasteiger partial charge in [0.1, 0.15) is 0 Å². The molecule has 2 rings (SSSR count). The zero-order chi connectivity index (χ0) is 18.4. The summed E-state index contributed by atoms with van der Waals surface area (Å²) in [5.41, 5.74) is 0.907. The van der Waals surface area contributed by atoms with Crippen LogP contribution in [0.1, 0.15) is 25.5 Å².